The number of aliphatic hydroxyl groups is 1. The zero-order valence-electron chi connectivity index (χ0n) is 18.7. The van der Waals surface area contributed by atoms with Gasteiger partial charge in [-0.3, -0.25) is 0 Å². The number of fused-ring (bicyclic) bond motifs is 5. The van der Waals surface area contributed by atoms with E-state index < -0.39 is 0 Å². The summed E-state index contributed by atoms with van der Waals surface area (Å²) in [6, 6.07) is 0. The zero-order valence-corrected chi connectivity index (χ0v) is 18.7. The van der Waals surface area contributed by atoms with Gasteiger partial charge in [0.15, 0.2) is 0 Å². The second-order valence-electron chi connectivity index (χ2n) is 11.2. The standard InChI is InChI=1S/C27H42O/c1-17(2)18(3)6-7-19(4)25-12-13-26-24-10-8-20-16-21(28)9-11-22(20)23(24)14-15-27(25,26)5/h8,11,17,19,21,23-26,28H,3,6-7,9-10,12-16H2,1-2,4-5H3/t19-,21+,23-,24-,25-,26+,27-/m1/s1. The van der Waals surface area contributed by atoms with Crippen molar-refractivity contribution in [2.75, 3.05) is 0 Å². The van der Waals surface area contributed by atoms with Crippen molar-refractivity contribution in [2.45, 2.75) is 91.6 Å². The molecule has 1 N–H and O–H groups in total. The van der Waals surface area contributed by atoms with Crippen molar-refractivity contribution >= 4 is 0 Å². The average Bonchev–Trinajstić information content (AvgIpc) is 3.02. The highest BCUT2D eigenvalue weighted by atomic mass is 16.3. The first-order valence-corrected chi connectivity index (χ1v) is 12.1. The fourth-order valence-electron chi connectivity index (χ4n) is 7.60. The quantitative estimate of drug-likeness (QED) is 0.503. The fourth-order valence-corrected chi connectivity index (χ4v) is 7.60. The van der Waals surface area contributed by atoms with E-state index in [0.717, 1.165) is 42.4 Å². The summed E-state index contributed by atoms with van der Waals surface area (Å²) in [6.45, 7) is 14.1. The van der Waals surface area contributed by atoms with Gasteiger partial charge in [0.25, 0.3) is 0 Å². The van der Waals surface area contributed by atoms with Crippen LogP contribution in [0.4, 0.5) is 0 Å². The molecule has 0 aromatic rings. The Balaban J connectivity index is 1.47. The summed E-state index contributed by atoms with van der Waals surface area (Å²) < 4.78 is 0. The van der Waals surface area contributed by atoms with Crippen LogP contribution in [0, 0.1) is 40.9 Å². The molecule has 0 aromatic carbocycles. The Labute approximate surface area is 173 Å². The molecule has 4 aliphatic carbocycles. The molecule has 0 bridgehead atoms. The number of hydrogen-bond acceptors (Lipinski definition) is 1. The van der Waals surface area contributed by atoms with Crippen LogP contribution in [0.1, 0.15) is 85.5 Å². The molecule has 2 saturated carbocycles. The Morgan fingerprint density at radius 2 is 1.96 bits per heavy atom. The van der Waals surface area contributed by atoms with Gasteiger partial charge < -0.3 is 5.11 Å². The maximum Gasteiger partial charge on any atom is 0.0615 e. The first kappa shape index (κ1) is 20.5. The summed E-state index contributed by atoms with van der Waals surface area (Å²) in [7, 11) is 0. The van der Waals surface area contributed by atoms with Gasteiger partial charge in [0.1, 0.15) is 0 Å². The molecule has 156 valence electrons. The van der Waals surface area contributed by atoms with E-state index in [0.29, 0.717) is 11.3 Å². The molecule has 2 fully saturated rings. The van der Waals surface area contributed by atoms with E-state index in [1.54, 1.807) is 5.57 Å². The first-order valence-electron chi connectivity index (χ1n) is 12.1. The number of aliphatic hydroxyl groups excluding tert-OH is 1. The van der Waals surface area contributed by atoms with E-state index in [1.165, 1.54) is 56.1 Å². The maximum atomic E-state index is 10.1. The summed E-state index contributed by atoms with van der Waals surface area (Å²) in [4.78, 5) is 0. The Kier molecular flexibility index (Phi) is 5.69. The highest BCUT2D eigenvalue weighted by Gasteiger charge is 2.55. The monoisotopic (exact) mass is 382 g/mol. The van der Waals surface area contributed by atoms with Crippen LogP contribution in [-0.4, -0.2) is 11.2 Å². The van der Waals surface area contributed by atoms with E-state index in [4.69, 9.17) is 0 Å². The lowest BCUT2D eigenvalue weighted by atomic mass is 9.52. The van der Waals surface area contributed by atoms with Crippen molar-refractivity contribution in [3.8, 4) is 0 Å². The third-order valence-electron chi connectivity index (χ3n) is 9.41. The predicted octanol–water partition coefficient (Wildman–Crippen LogP) is 7.08. The van der Waals surface area contributed by atoms with Crippen molar-refractivity contribution in [3.05, 3.63) is 35.5 Å². The second-order valence-corrected chi connectivity index (χ2v) is 11.2. The minimum absolute atomic E-state index is 0.141. The van der Waals surface area contributed by atoms with Gasteiger partial charge in [-0.05, 0) is 110 Å². The largest absolute Gasteiger partial charge is 0.392 e. The zero-order chi connectivity index (χ0) is 20.1. The molecule has 28 heavy (non-hydrogen) atoms. The smallest absolute Gasteiger partial charge is 0.0615 e. The molecule has 0 amide bonds. The van der Waals surface area contributed by atoms with Crippen LogP contribution >= 0.6 is 0 Å². The van der Waals surface area contributed by atoms with Gasteiger partial charge in [0, 0.05) is 0 Å². The number of hydrogen-bond donors (Lipinski definition) is 1. The molecular weight excluding hydrogens is 340 g/mol. The second kappa shape index (κ2) is 7.78. The lowest BCUT2D eigenvalue weighted by Crippen LogP contribution is -2.44. The average molecular weight is 383 g/mol. The number of rotatable bonds is 5. The summed E-state index contributed by atoms with van der Waals surface area (Å²) in [5, 5.41) is 10.1. The first-order chi connectivity index (χ1) is 13.3. The fraction of sp³-hybridized carbons (Fsp3) is 0.778. The normalized spacial score (nSPS) is 40.9. The highest BCUT2D eigenvalue weighted by molar-refractivity contribution is 5.40. The van der Waals surface area contributed by atoms with Crippen molar-refractivity contribution in [3.63, 3.8) is 0 Å². The van der Waals surface area contributed by atoms with E-state index in [1.807, 2.05) is 0 Å². The van der Waals surface area contributed by atoms with Crippen molar-refractivity contribution in [1.82, 2.24) is 0 Å². The summed E-state index contributed by atoms with van der Waals surface area (Å²) in [5.74, 6) is 4.87. The van der Waals surface area contributed by atoms with Crippen LogP contribution in [0.25, 0.3) is 0 Å². The Hall–Kier alpha value is -0.820. The van der Waals surface area contributed by atoms with Gasteiger partial charge in [-0.1, -0.05) is 52.0 Å². The molecule has 1 heteroatoms. The third-order valence-corrected chi connectivity index (χ3v) is 9.41. The van der Waals surface area contributed by atoms with Crippen molar-refractivity contribution in [2.24, 2.45) is 40.9 Å². The molecule has 1 nitrogen and oxygen atoms in total. The van der Waals surface area contributed by atoms with Gasteiger partial charge in [0.2, 0.25) is 0 Å². The molecule has 0 aromatic heterocycles. The summed E-state index contributed by atoms with van der Waals surface area (Å²) in [6.07, 6.45) is 16.0. The molecule has 0 radical (unpaired) electrons. The molecule has 0 unspecified atom stereocenters. The van der Waals surface area contributed by atoms with E-state index >= 15 is 0 Å². The molecule has 0 heterocycles. The highest BCUT2D eigenvalue weighted by Crippen LogP contribution is 2.64. The maximum absolute atomic E-state index is 10.1. The molecule has 0 saturated heterocycles. The molecule has 0 spiro atoms. The molecule has 7 atom stereocenters. The predicted molar refractivity (Wildman–Crippen MR) is 119 cm³/mol. The van der Waals surface area contributed by atoms with Crippen LogP contribution in [0.15, 0.2) is 35.5 Å². The van der Waals surface area contributed by atoms with Crippen molar-refractivity contribution in [1.29, 1.82) is 0 Å². The van der Waals surface area contributed by atoms with Crippen LogP contribution in [0.3, 0.4) is 0 Å². The SMILES string of the molecule is C=C(CC[C@@H](C)[C@H]1CC[C@H]2[C@@H]3CC=C4C[C@@H](O)CC=C4[C@H]3CC[C@]12C)C(C)C. The van der Waals surface area contributed by atoms with Gasteiger partial charge in [-0.15, -0.1) is 0 Å². The Morgan fingerprint density at radius 1 is 1.18 bits per heavy atom. The van der Waals surface area contributed by atoms with E-state index in [2.05, 4.69) is 46.4 Å². The van der Waals surface area contributed by atoms with Gasteiger partial charge in [0.05, 0.1) is 6.10 Å². The van der Waals surface area contributed by atoms with Crippen molar-refractivity contribution < 1.29 is 5.11 Å². The van der Waals surface area contributed by atoms with E-state index in [9.17, 15) is 5.11 Å². The Bertz CT molecular complexity index is 668. The molecule has 4 aliphatic rings. The Morgan fingerprint density at radius 3 is 2.71 bits per heavy atom. The topological polar surface area (TPSA) is 20.2 Å². The van der Waals surface area contributed by atoms with Crippen LogP contribution < -0.4 is 0 Å². The van der Waals surface area contributed by atoms with Crippen LogP contribution in [0.5, 0.6) is 0 Å². The minimum Gasteiger partial charge on any atom is -0.392 e. The van der Waals surface area contributed by atoms with Gasteiger partial charge in [-0.25, -0.2) is 0 Å². The molecule has 0 aliphatic heterocycles. The molecule has 4 rings (SSSR count). The van der Waals surface area contributed by atoms with E-state index in [-0.39, 0.29) is 6.10 Å². The number of allylic oxidation sites excluding steroid dienone is 3. The van der Waals surface area contributed by atoms with Crippen LogP contribution in [0.2, 0.25) is 0 Å². The lowest BCUT2D eigenvalue weighted by molar-refractivity contribution is 0.00432. The third kappa shape index (κ3) is 3.47. The lowest BCUT2D eigenvalue weighted by Gasteiger charge is -2.52. The van der Waals surface area contributed by atoms with Gasteiger partial charge >= 0.3 is 0 Å². The minimum atomic E-state index is -0.141. The molecular formula is C27H42O. The van der Waals surface area contributed by atoms with Crippen LogP contribution in [-0.2, 0) is 0 Å². The van der Waals surface area contributed by atoms with Gasteiger partial charge in [-0.2, -0.15) is 0 Å². The summed E-state index contributed by atoms with van der Waals surface area (Å²) >= 11 is 0. The summed E-state index contributed by atoms with van der Waals surface area (Å²) in [5.41, 5.74) is 5.10.